The van der Waals surface area contributed by atoms with Crippen molar-refractivity contribution in [2.24, 2.45) is 0 Å². The minimum absolute atomic E-state index is 0.136. The quantitative estimate of drug-likeness (QED) is 0.315. The number of amides is 1. The Kier molecular flexibility index (Phi) is 8.79. The van der Waals surface area contributed by atoms with Crippen LogP contribution in [0.3, 0.4) is 0 Å². The van der Waals surface area contributed by atoms with Crippen LogP contribution in [0.25, 0.3) is 22.2 Å². The lowest BCUT2D eigenvalue weighted by molar-refractivity contribution is 0.0934. The van der Waals surface area contributed by atoms with Gasteiger partial charge in [0, 0.05) is 63.3 Å². The van der Waals surface area contributed by atoms with Crippen LogP contribution in [-0.4, -0.2) is 73.1 Å². The minimum atomic E-state index is -3.48. The molecule has 1 saturated heterocycles. The average molecular weight is 572 g/mol. The fourth-order valence-electron chi connectivity index (χ4n) is 5.41. The number of fused-ring (bicyclic) bond motifs is 1. The molecule has 214 valence electrons. The lowest BCUT2D eigenvalue weighted by Gasteiger charge is -2.35. The summed E-state index contributed by atoms with van der Waals surface area (Å²) in [5, 5.41) is 4.11. The van der Waals surface area contributed by atoms with Gasteiger partial charge >= 0.3 is 0 Å². The van der Waals surface area contributed by atoms with E-state index in [2.05, 4.69) is 17.1 Å². The Hall–Kier alpha value is -3.63. The summed E-state index contributed by atoms with van der Waals surface area (Å²) in [5.74, 6) is -0.139. The smallest absolute Gasteiger partial charge is 0.281 e. The van der Waals surface area contributed by atoms with Crippen LogP contribution in [0.5, 0.6) is 0 Å². The first-order chi connectivity index (χ1) is 19.8. The average Bonchev–Trinajstić information content (AvgIpc) is 3.00. The van der Waals surface area contributed by atoms with Gasteiger partial charge in [-0.15, -0.1) is 0 Å². The van der Waals surface area contributed by atoms with Gasteiger partial charge in [-0.3, -0.25) is 9.69 Å². The number of nitrogens with zero attached hydrogens (tertiary/aromatic N) is 4. The number of benzene rings is 3. The summed E-state index contributed by atoms with van der Waals surface area (Å²) in [4.78, 5) is 21.5. The molecule has 3 aromatic carbocycles. The molecule has 41 heavy (non-hydrogen) atoms. The van der Waals surface area contributed by atoms with E-state index in [-0.39, 0.29) is 11.9 Å². The number of hydrogen-bond acceptors (Lipinski definition) is 5. The highest BCUT2D eigenvalue weighted by atomic mass is 32.2. The van der Waals surface area contributed by atoms with Crippen molar-refractivity contribution in [2.75, 3.05) is 40.3 Å². The number of pyridine rings is 1. The number of carbonyl (C=O) groups is 1. The van der Waals surface area contributed by atoms with Gasteiger partial charge < -0.3 is 5.32 Å². The fourth-order valence-corrected chi connectivity index (χ4v) is 6.50. The van der Waals surface area contributed by atoms with E-state index in [4.69, 9.17) is 4.98 Å². The van der Waals surface area contributed by atoms with E-state index < -0.39 is 10.2 Å². The molecule has 1 aliphatic rings. The van der Waals surface area contributed by atoms with Gasteiger partial charge in [0.2, 0.25) is 0 Å². The Labute approximate surface area is 242 Å². The first-order valence-corrected chi connectivity index (χ1v) is 15.4. The van der Waals surface area contributed by atoms with Gasteiger partial charge in [-0.1, -0.05) is 85.8 Å². The molecule has 2 heterocycles. The Morgan fingerprint density at radius 1 is 0.902 bits per heavy atom. The van der Waals surface area contributed by atoms with Crippen LogP contribution in [-0.2, 0) is 16.8 Å². The van der Waals surface area contributed by atoms with E-state index in [9.17, 15) is 13.2 Å². The molecule has 0 bridgehead atoms. The van der Waals surface area contributed by atoms with Crippen LogP contribution in [0.4, 0.5) is 0 Å². The zero-order chi connectivity index (χ0) is 29.0. The topological polar surface area (TPSA) is 85.8 Å². The zero-order valence-corrected chi connectivity index (χ0v) is 24.6. The molecule has 4 aromatic rings. The van der Waals surface area contributed by atoms with Crippen LogP contribution in [0.1, 0.15) is 40.9 Å². The molecular weight excluding hydrogens is 534 g/mol. The number of para-hydroxylation sites is 1. The van der Waals surface area contributed by atoms with Crippen LogP contribution in [0.15, 0.2) is 84.9 Å². The van der Waals surface area contributed by atoms with Crippen molar-refractivity contribution in [1.29, 1.82) is 0 Å². The van der Waals surface area contributed by atoms with Gasteiger partial charge in [0.15, 0.2) is 0 Å². The first-order valence-electron chi connectivity index (χ1n) is 14.0. The largest absolute Gasteiger partial charge is 0.345 e. The van der Waals surface area contributed by atoms with Gasteiger partial charge in [-0.05, 0) is 18.1 Å². The second-order valence-electron chi connectivity index (χ2n) is 10.5. The maximum atomic E-state index is 14.3. The molecule has 0 radical (unpaired) electrons. The highest BCUT2D eigenvalue weighted by Gasteiger charge is 2.30. The van der Waals surface area contributed by atoms with Gasteiger partial charge in [0.25, 0.3) is 16.1 Å². The summed E-state index contributed by atoms with van der Waals surface area (Å²) < 4.78 is 28.2. The normalized spacial score (nSPS) is 15.7. The lowest BCUT2D eigenvalue weighted by Crippen LogP contribution is -2.51. The number of nitrogens with one attached hydrogen (secondary N) is 1. The Balaban J connectivity index is 1.57. The third-order valence-electron chi connectivity index (χ3n) is 7.68. The molecule has 9 heteroatoms. The zero-order valence-electron chi connectivity index (χ0n) is 23.8. The molecule has 1 amide bonds. The number of aromatic nitrogens is 1. The molecule has 0 spiro atoms. The van der Waals surface area contributed by atoms with Crippen LogP contribution in [0.2, 0.25) is 0 Å². The van der Waals surface area contributed by atoms with E-state index in [0.717, 1.165) is 39.7 Å². The molecule has 1 N–H and O–H groups in total. The number of piperazine rings is 1. The maximum Gasteiger partial charge on any atom is 0.281 e. The van der Waals surface area contributed by atoms with E-state index in [0.29, 0.717) is 38.3 Å². The van der Waals surface area contributed by atoms with Gasteiger partial charge in [-0.25, -0.2) is 4.98 Å². The minimum Gasteiger partial charge on any atom is -0.345 e. The Morgan fingerprint density at radius 2 is 1.51 bits per heavy atom. The SMILES string of the molecule is CC[C@H](NC(=O)c1c(CN2CCN(S(=O)(=O)N(C)C)CC2)c(-c2ccccc2)nc2ccccc12)c1ccccc1. The lowest BCUT2D eigenvalue weighted by atomic mass is 9.94. The summed E-state index contributed by atoms with van der Waals surface area (Å²) in [7, 11) is -0.369. The van der Waals surface area contributed by atoms with E-state index in [1.807, 2.05) is 84.9 Å². The Morgan fingerprint density at radius 3 is 2.15 bits per heavy atom. The first kappa shape index (κ1) is 28.9. The third kappa shape index (κ3) is 6.18. The highest BCUT2D eigenvalue weighted by Crippen LogP contribution is 2.32. The van der Waals surface area contributed by atoms with E-state index in [1.54, 1.807) is 14.1 Å². The molecule has 1 aromatic heterocycles. The third-order valence-corrected chi connectivity index (χ3v) is 9.62. The summed E-state index contributed by atoms with van der Waals surface area (Å²) in [6.07, 6.45) is 0.752. The second kappa shape index (κ2) is 12.5. The summed E-state index contributed by atoms with van der Waals surface area (Å²) in [6.45, 7) is 4.42. The monoisotopic (exact) mass is 571 g/mol. The van der Waals surface area contributed by atoms with Crippen LogP contribution >= 0.6 is 0 Å². The standard InChI is InChI=1S/C32H37N5O3S/c1-4-28(24-13-7-5-8-14-24)34-32(38)30-26-17-11-12-18-29(26)33-31(25-15-9-6-10-16-25)27(30)23-36-19-21-37(22-20-36)41(39,40)35(2)3/h5-18,28H,4,19-23H2,1-3H3,(H,34,38)/t28-/m0/s1. The van der Waals surface area contributed by atoms with Gasteiger partial charge in [0.05, 0.1) is 22.8 Å². The summed E-state index contributed by atoms with van der Waals surface area (Å²) in [5.41, 5.74) is 4.99. The van der Waals surface area contributed by atoms with Crippen molar-refractivity contribution < 1.29 is 13.2 Å². The molecule has 8 nitrogen and oxygen atoms in total. The highest BCUT2D eigenvalue weighted by molar-refractivity contribution is 7.86. The maximum absolute atomic E-state index is 14.3. The van der Waals surface area contributed by atoms with Gasteiger partial charge in [0.1, 0.15) is 0 Å². The molecular formula is C32H37N5O3S. The predicted molar refractivity (Wildman–Crippen MR) is 164 cm³/mol. The molecule has 5 rings (SSSR count). The van der Waals surface area contributed by atoms with Crippen molar-refractivity contribution in [3.05, 3.63) is 102 Å². The van der Waals surface area contributed by atoms with E-state index in [1.165, 1.54) is 8.61 Å². The Bertz CT molecular complexity index is 1600. The molecule has 1 fully saturated rings. The van der Waals surface area contributed by atoms with E-state index >= 15 is 0 Å². The van der Waals surface area contributed by atoms with Crippen molar-refractivity contribution >= 4 is 27.0 Å². The second-order valence-corrected chi connectivity index (χ2v) is 12.6. The molecule has 1 aliphatic heterocycles. The number of rotatable bonds is 9. The number of carbonyl (C=O) groups excluding carboxylic acids is 1. The number of hydrogen-bond donors (Lipinski definition) is 1. The molecule has 1 atom stereocenters. The molecule has 0 saturated carbocycles. The van der Waals surface area contributed by atoms with Crippen LogP contribution in [0, 0.1) is 0 Å². The van der Waals surface area contributed by atoms with Crippen molar-refractivity contribution in [2.45, 2.75) is 25.9 Å². The van der Waals surface area contributed by atoms with Crippen molar-refractivity contribution in [1.82, 2.24) is 23.8 Å². The molecule has 0 aliphatic carbocycles. The van der Waals surface area contributed by atoms with Crippen LogP contribution < -0.4 is 5.32 Å². The predicted octanol–water partition coefficient (Wildman–Crippen LogP) is 4.71. The fraction of sp³-hybridized carbons (Fsp3) is 0.312. The summed E-state index contributed by atoms with van der Waals surface area (Å²) >= 11 is 0. The van der Waals surface area contributed by atoms with Gasteiger partial charge in [-0.2, -0.15) is 17.0 Å². The molecule has 0 unspecified atom stereocenters. The van der Waals surface area contributed by atoms with Crippen molar-refractivity contribution in [3.63, 3.8) is 0 Å². The van der Waals surface area contributed by atoms with Crippen molar-refractivity contribution in [3.8, 4) is 11.3 Å². The summed E-state index contributed by atoms with van der Waals surface area (Å²) in [6, 6.07) is 27.6.